The SMILES string of the molecule is Cc1ccc(CC2(c3cccc(Br)c3)CNC2)cc1C. The second-order valence-corrected chi connectivity index (χ2v) is 6.91. The van der Waals surface area contributed by atoms with Crippen LogP contribution in [0.1, 0.15) is 22.3 Å². The van der Waals surface area contributed by atoms with Crippen LogP contribution in [0.3, 0.4) is 0 Å². The molecular formula is C18H20BrN. The Bertz CT molecular complexity index is 629. The quantitative estimate of drug-likeness (QED) is 0.891. The minimum absolute atomic E-state index is 0.255. The highest BCUT2D eigenvalue weighted by Gasteiger charge is 2.38. The second-order valence-electron chi connectivity index (χ2n) is 5.99. The number of rotatable bonds is 3. The Balaban J connectivity index is 1.91. The van der Waals surface area contributed by atoms with Gasteiger partial charge in [0.05, 0.1) is 0 Å². The standard InChI is InChI=1S/C18H20BrN/c1-13-6-7-15(8-14(13)2)10-18(11-20-12-18)16-4-3-5-17(19)9-16/h3-9,20H,10-12H2,1-2H3. The molecule has 0 unspecified atom stereocenters. The van der Waals surface area contributed by atoms with Gasteiger partial charge in [-0.25, -0.2) is 0 Å². The summed E-state index contributed by atoms with van der Waals surface area (Å²) in [4.78, 5) is 0. The Hall–Kier alpha value is -1.12. The number of aryl methyl sites for hydroxylation is 2. The molecule has 1 aliphatic rings. The maximum Gasteiger partial charge on any atom is 0.0243 e. The maximum atomic E-state index is 3.59. The Morgan fingerprint density at radius 3 is 2.45 bits per heavy atom. The summed E-state index contributed by atoms with van der Waals surface area (Å²) in [6.45, 7) is 6.50. The average molecular weight is 330 g/mol. The zero-order valence-corrected chi connectivity index (χ0v) is 13.6. The summed E-state index contributed by atoms with van der Waals surface area (Å²) < 4.78 is 1.17. The fraction of sp³-hybridized carbons (Fsp3) is 0.333. The van der Waals surface area contributed by atoms with Crippen molar-refractivity contribution in [1.29, 1.82) is 0 Å². The zero-order chi connectivity index (χ0) is 14.2. The third-order valence-electron chi connectivity index (χ3n) is 4.48. The molecule has 0 spiro atoms. The molecule has 3 rings (SSSR count). The summed E-state index contributed by atoms with van der Waals surface area (Å²) in [6, 6.07) is 15.6. The molecule has 104 valence electrons. The average Bonchev–Trinajstić information content (AvgIpc) is 2.38. The van der Waals surface area contributed by atoms with E-state index in [1.807, 2.05) is 0 Å². The molecule has 1 nitrogen and oxygen atoms in total. The Morgan fingerprint density at radius 2 is 1.85 bits per heavy atom. The lowest BCUT2D eigenvalue weighted by molar-refractivity contribution is 0.274. The van der Waals surface area contributed by atoms with E-state index in [9.17, 15) is 0 Å². The predicted octanol–water partition coefficient (Wildman–Crippen LogP) is 4.15. The van der Waals surface area contributed by atoms with Crippen LogP contribution in [0, 0.1) is 13.8 Å². The molecule has 1 heterocycles. The molecule has 1 saturated heterocycles. The van der Waals surface area contributed by atoms with Crippen molar-refractivity contribution in [2.45, 2.75) is 25.7 Å². The molecule has 0 saturated carbocycles. The molecule has 0 atom stereocenters. The summed E-state index contributed by atoms with van der Waals surface area (Å²) in [6.07, 6.45) is 1.11. The lowest BCUT2D eigenvalue weighted by Gasteiger charge is -2.43. The van der Waals surface area contributed by atoms with Crippen LogP contribution < -0.4 is 5.32 Å². The normalized spacial score (nSPS) is 16.8. The number of hydrogen-bond donors (Lipinski definition) is 1. The van der Waals surface area contributed by atoms with Gasteiger partial charge in [0.1, 0.15) is 0 Å². The van der Waals surface area contributed by atoms with Crippen LogP contribution in [0.4, 0.5) is 0 Å². The highest BCUT2D eigenvalue weighted by molar-refractivity contribution is 9.10. The Kier molecular flexibility index (Phi) is 3.70. The van der Waals surface area contributed by atoms with Crippen molar-refractivity contribution in [3.63, 3.8) is 0 Å². The van der Waals surface area contributed by atoms with E-state index in [1.165, 1.54) is 26.7 Å². The summed E-state index contributed by atoms with van der Waals surface area (Å²) >= 11 is 3.59. The van der Waals surface area contributed by atoms with Crippen molar-refractivity contribution in [3.8, 4) is 0 Å². The molecule has 0 aliphatic carbocycles. The van der Waals surface area contributed by atoms with Crippen LogP contribution in [-0.4, -0.2) is 13.1 Å². The Morgan fingerprint density at radius 1 is 1.05 bits per heavy atom. The van der Waals surface area contributed by atoms with Crippen LogP contribution in [0.5, 0.6) is 0 Å². The summed E-state index contributed by atoms with van der Waals surface area (Å²) in [5.41, 5.74) is 5.89. The number of hydrogen-bond acceptors (Lipinski definition) is 1. The van der Waals surface area contributed by atoms with Crippen LogP contribution in [0.2, 0.25) is 0 Å². The first-order valence-corrected chi connectivity index (χ1v) is 7.91. The number of benzene rings is 2. The first-order chi connectivity index (χ1) is 9.59. The van der Waals surface area contributed by atoms with Crippen LogP contribution in [-0.2, 0) is 11.8 Å². The van der Waals surface area contributed by atoms with E-state index in [2.05, 4.69) is 77.6 Å². The fourth-order valence-corrected chi connectivity index (χ4v) is 3.38. The van der Waals surface area contributed by atoms with Crippen LogP contribution in [0.15, 0.2) is 46.9 Å². The Labute approximate surface area is 129 Å². The van der Waals surface area contributed by atoms with Gasteiger partial charge in [0.25, 0.3) is 0 Å². The molecule has 1 fully saturated rings. The van der Waals surface area contributed by atoms with E-state index in [-0.39, 0.29) is 5.41 Å². The maximum absolute atomic E-state index is 3.59. The summed E-state index contributed by atoms with van der Waals surface area (Å²) in [5.74, 6) is 0. The lowest BCUT2D eigenvalue weighted by atomic mass is 9.71. The van der Waals surface area contributed by atoms with Crippen molar-refractivity contribution in [2.24, 2.45) is 0 Å². The van der Waals surface area contributed by atoms with E-state index in [4.69, 9.17) is 0 Å². The number of halogens is 1. The van der Waals surface area contributed by atoms with Gasteiger partial charge in [0.15, 0.2) is 0 Å². The van der Waals surface area contributed by atoms with E-state index in [1.54, 1.807) is 0 Å². The van der Waals surface area contributed by atoms with Crippen LogP contribution in [0.25, 0.3) is 0 Å². The van der Waals surface area contributed by atoms with Gasteiger partial charge in [-0.15, -0.1) is 0 Å². The van der Waals surface area contributed by atoms with Gasteiger partial charge in [-0.1, -0.05) is 46.3 Å². The van der Waals surface area contributed by atoms with Gasteiger partial charge in [0.2, 0.25) is 0 Å². The third-order valence-corrected chi connectivity index (χ3v) is 4.97. The van der Waals surface area contributed by atoms with Gasteiger partial charge < -0.3 is 5.32 Å². The highest BCUT2D eigenvalue weighted by Crippen LogP contribution is 2.34. The minimum Gasteiger partial charge on any atom is -0.315 e. The molecule has 0 amide bonds. The van der Waals surface area contributed by atoms with E-state index < -0.39 is 0 Å². The molecule has 20 heavy (non-hydrogen) atoms. The first kappa shape index (κ1) is 13.8. The molecule has 0 bridgehead atoms. The zero-order valence-electron chi connectivity index (χ0n) is 12.0. The van der Waals surface area contributed by atoms with Crippen molar-refractivity contribution in [2.75, 3.05) is 13.1 Å². The largest absolute Gasteiger partial charge is 0.315 e. The van der Waals surface area contributed by atoms with Gasteiger partial charge in [-0.05, 0) is 54.7 Å². The molecule has 2 aromatic rings. The van der Waals surface area contributed by atoms with Crippen molar-refractivity contribution in [1.82, 2.24) is 5.32 Å². The van der Waals surface area contributed by atoms with Crippen LogP contribution >= 0.6 is 15.9 Å². The topological polar surface area (TPSA) is 12.0 Å². The smallest absolute Gasteiger partial charge is 0.0243 e. The molecular weight excluding hydrogens is 310 g/mol. The molecule has 2 aromatic carbocycles. The molecule has 1 aliphatic heterocycles. The minimum atomic E-state index is 0.255. The summed E-state index contributed by atoms with van der Waals surface area (Å²) in [5, 5.41) is 3.45. The number of nitrogens with one attached hydrogen (secondary N) is 1. The predicted molar refractivity (Wildman–Crippen MR) is 88.3 cm³/mol. The van der Waals surface area contributed by atoms with E-state index in [0.29, 0.717) is 0 Å². The third kappa shape index (κ3) is 2.55. The van der Waals surface area contributed by atoms with Gasteiger partial charge in [-0.3, -0.25) is 0 Å². The van der Waals surface area contributed by atoms with Crippen molar-refractivity contribution < 1.29 is 0 Å². The molecule has 0 aromatic heterocycles. The molecule has 2 heteroatoms. The van der Waals surface area contributed by atoms with E-state index in [0.717, 1.165) is 19.5 Å². The molecule has 0 radical (unpaired) electrons. The fourth-order valence-electron chi connectivity index (χ4n) is 2.98. The van der Waals surface area contributed by atoms with E-state index >= 15 is 0 Å². The van der Waals surface area contributed by atoms with Gasteiger partial charge in [0, 0.05) is 23.0 Å². The highest BCUT2D eigenvalue weighted by atomic mass is 79.9. The monoisotopic (exact) mass is 329 g/mol. The lowest BCUT2D eigenvalue weighted by Crippen LogP contribution is -2.58. The van der Waals surface area contributed by atoms with Gasteiger partial charge >= 0.3 is 0 Å². The van der Waals surface area contributed by atoms with Gasteiger partial charge in [-0.2, -0.15) is 0 Å². The van der Waals surface area contributed by atoms with Crippen molar-refractivity contribution in [3.05, 3.63) is 69.2 Å². The molecule has 1 N–H and O–H groups in total. The van der Waals surface area contributed by atoms with Crippen molar-refractivity contribution >= 4 is 15.9 Å². The first-order valence-electron chi connectivity index (χ1n) is 7.12. The second kappa shape index (κ2) is 5.34. The summed E-state index contributed by atoms with van der Waals surface area (Å²) in [7, 11) is 0.